The van der Waals surface area contributed by atoms with Crippen molar-refractivity contribution in [2.24, 2.45) is 0 Å². The van der Waals surface area contributed by atoms with Crippen LogP contribution in [0.1, 0.15) is 19.8 Å². The smallest absolute Gasteiger partial charge is 0.300 e. The predicted octanol–water partition coefficient (Wildman–Crippen LogP) is 1.28. The molecule has 0 saturated heterocycles. The van der Waals surface area contributed by atoms with E-state index in [0.29, 0.717) is 5.57 Å². The van der Waals surface area contributed by atoms with Crippen LogP contribution in [0.5, 0.6) is 0 Å². The summed E-state index contributed by atoms with van der Waals surface area (Å²) >= 11 is 0. The monoisotopic (exact) mass is 275 g/mol. The van der Waals surface area contributed by atoms with E-state index < -0.39 is 15.6 Å². The lowest BCUT2D eigenvalue weighted by atomic mass is 10.1. The summed E-state index contributed by atoms with van der Waals surface area (Å²) in [4.78, 5) is 10.6. The molecule has 0 amide bonds. The molecular weight excluding hydrogens is 263 g/mol. The van der Waals surface area contributed by atoms with Crippen LogP contribution in [-0.2, 0) is 19.2 Å². The molecule has 0 spiro atoms. The second-order valence-electron chi connectivity index (χ2n) is 3.26. The Bertz CT molecular complexity index is 388. The van der Waals surface area contributed by atoms with Crippen LogP contribution in [0.2, 0.25) is 0 Å². The Morgan fingerprint density at radius 1 is 1.35 bits per heavy atom. The molecule has 0 atom stereocenters. The average molecular weight is 275 g/mol. The molecule has 0 rings (SSSR count). The molecule has 0 aromatic rings. The van der Waals surface area contributed by atoms with Gasteiger partial charge < -0.3 is 4.79 Å². The Morgan fingerprint density at radius 2 is 1.88 bits per heavy atom. The van der Waals surface area contributed by atoms with Crippen LogP contribution in [0.4, 0.5) is 13.2 Å². The summed E-state index contributed by atoms with van der Waals surface area (Å²) in [6, 6.07) is 0. The highest BCUT2D eigenvalue weighted by molar-refractivity contribution is 7.87. The number of nitrogens with one attached hydrogen (secondary N) is 1. The molecule has 5 nitrogen and oxygen atoms in total. The minimum atomic E-state index is -5.64. The minimum Gasteiger partial charge on any atom is -0.300 e. The molecule has 0 radical (unpaired) electrons. The summed E-state index contributed by atoms with van der Waals surface area (Å²) in [7, 11) is -5.64. The van der Waals surface area contributed by atoms with E-state index in [9.17, 15) is 26.4 Å². The maximum atomic E-state index is 11.8. The van der Waals surface area contributed by atoms with Crippen molar-refractivity contribution in [1.82, 2.24) is 5.48 Å². The van der Waals surface area contributed by atoms with Crippen LogP contribution in [0.3, 0.4) is 0 Å². The molecule has 0 aliphatic carbocycles. The van der Waals surface area contributed by atoms with Gasteiger partial charge in [-0.2, -0.15) is 31.4 Å². The first-order valence-corrected chi connectivity index (χ1v) is 5.86. The van der Waals surface area contributed by atoms with Gasteiger partial charge in [0.05, 0.1) is 0 Å². The van der Waals surface area contributed by atoms with E-state index in [-0.39, 0.29) is 25.2 Å². The molecule has 0 aromatic carbocycles. The SMILES string of the molecule is C=C(CCC(C)=O)CNOS(=O)(=O)C(F)(F)F. The second kappa shape index (κ2) is 6.12. The van der Waals surface area contributed by atoms with Gasteiger partial charge in [-0.3, -0.25) is 0 Å². The number of ketones is 1. The number of Topliss-reactive ketones (excluding diaryl/α,β-unsaturated/α-hetero) is 1. The molecule has 0 bridgehead atoms. The van der Waals surface area contributed by atoms with Gasteiger partial charge in [-0.25, -0.2) is 0 Å². The number of hydrogen-bond acceptors (Lipinski definition) is 5. The van der Waals surface area contributed by atoms with Crippen molar-refractivity contribution in [3.63, 3.8) is 0 Å². The Labute approximate surface area is 96.7 Å². The van der Waals surface area contributed by atoms with Crippen molar-refractivity contribution in [3.05, 3.63) is 12.2 Å². The van der Waals surface area contributed by atoms with Gasteiger partial charge in [-0.05, 0) is 13.3 Å². The van der Waals surface area contributed by atoms with Gasteiger partial charge in [0.1, 0.15) is 5.78 Å². The Morgan fingerprint density at radius 3 is 2.29 bits per heavy atom. The van der Waals surface area contributed by atoms with Crippen molar-refractivity contribution in [2.75, 3.05) is 6.54 Å². The van der Waals surface area contributed by atoms with E-state index in [4.69, 9.17) is 0 Å². The van der Waals surface area contributed by atoms with E-state index in [1.807, 2.05) is 0 Å². The van der Waals surface area contributed by atoms with E-state index in [1.54, 1.807) is 5.48 Å². The molecule has 9 heteroatoms. The van der Waals surface area contributed by atoms with Crippen LogP contribution in [0.25, 0.3) is 0 Å². The Balaban J connectivity index is 4.01. The Hall–Kier alpha value is -0.930. The van der Waals surface area contributed by atoms with E-state index in [0.717, 1.165) is 0 Å². The van der Waals surface area contributed by atoms with Crippen molar-refractivity contribution in [2.45, 2.75) is 25.3 Å². The number of halogens is 3. The molecular formula is C8H12F3NO4S. The zero-order chi connectivity index (χ0) is 13.7. The molecule has 0 saturated carbocycles. The lowest BCUT2D eigenvalue weighted by molar-refractivity contribution is -0.116. The lowest BCUT2D eigenvalue weighted by Gasteiger charge is -2.09. The quantitative estimate of drug-likeness (QED) is 0.430. The van der Waals surface area contributed by atoms with Crippen LogP contribution in [0, 0.1) is 0 Å². The van der Waals surface area contributed by atoms with Crippen LogP contribution in [-0.4, -0.2) is 26.3 Å². The molecule has 17 heavy (non-hydrogen) atoms. The van der Waals surface area contributed by atoms with E-state index >= 15 is 0 Å². The molecule has 0 aliphatic rings. The molecule has 100 valence electrons. The Kier molecular flexibility index (Phi) is 5.79. The number of hydrogen-bond donors (Lipinski definition) is 1. The van der Waals surface area contributed by atoms with Gasteiger partial charge in [0, 0.05) is 13.0 Å². The maximum absolute atomic E-state index is 11.8. The summed E-state index contributed by atoms with van der Waals surface area (Å²) in [6.07, 6.45) is 0.435. The number of hydroxylamine groups is 1. The van der Waals surface area contributed by atoms with Crippen molar-refractivity contribution >= 4 is 15.9 Å². The molecule has 1 N–H and O–H groups in total. The predicted molar refractivity (Wildman–Crippen MR) is 53.1 cm³/mol. The first-order valence-electron chi connectivity index (χ1n) is 4.45. The van der Waals surface area contributed by atoms with Crippen molar-refractivity contribution < 1.29 is 30.7 Å². The molecule has 0 aliphatic heterocycles. The van der Waals surface area contributed by atoms with Gasteiger partial charge in [0.2, 0.25) is 0 Å². The topological polar surface area (TPSA) is 72.5 Å². The third kappa shape index (κ3) is 6.39. The summed E-state index contributed by atoms with van der Waals surface area (Å²) in [5, 5.41) is 0. The highest BCUT2D eigenvalue weighted by atomic mass is 32.2. The van der Waals surface area contributed by atoms with E-state index in [2.05, 4.69) is 10.9 Å². The summed E-state index contributed by atoms with van der Waals surface area (Å²) in [5.74, 6) is -0.102. The van der Waals surface area contributed by atoms with Crippen LogP contribution in [0.15, 0.2) is 12.2 Å². The minimum absolute atomic E-state index is 0.102. The normalized spacial score (nSPS) is 12.5. The zero-order valence-corrected chi connectivity index (χ0v) is 9.82. The second-order valence-corrected chi connectivity index (χ2v) is 4.79. The molecule has 0 aromatic heterocycles. The van der Waals surface area contributed by atoms with Crippen molar-refractivity contribution in [3.8, 4) is 0 Å². The summed E-state index contributed by atoms with van der Waals surface area (Å²) < 4.78 is 59.7. The summed E-state index contributed by atoms with van der Waals surface area (Å²) in [6.45, 7) is 4.50. The van der Waals surface area contributed by atoms with Gasteiger partial charge in [0.25, 0.3) is 0 Å². The van der Waals surface area contributed by atoms with Gasteiger partial charge >= 0.3 is 15.6 Å². The standard InChI is InChI=1S/C8H12F3NO4S/c1-6(3-4-7(2)13)5-12-16-17(14,15)8(9,10)11/h12H,1,3-5H2,2H3. The van der Waals surface area contributed by atoms with Gasteiger partial charge in [-0.1, -0.05) is 12.2 Å². The number of rotatable bonds is 7. The summed E-state index contributed by atoms with van der Waals surface area (Å²) in [5.41, 5.74) is -3.48. The number of alkyl halides is 3. The van der Waals surface area contributed by atoms with Crippen molar-refractivity contribution in [1.29, 1.82) is 0 Å². The molecule has 0 fully saturated rings. The fraction of sp³-hybridized carbons (Fsp3) is 0.625. The fourth-order valence-electron chi connectivity index (χ4n) is 0.698. The third-order valence-corrected chi connectivity index (χ3v) is 2.51. The fourth-order valence-corrected chi connectivity index (χ4v) is 1.01. The number of carbonyl (C=O) groups excluding carboxylic acids is 1. The zero-order valence-electron chi connectivity index (χ0n) is 9.00. The van der Waals surface area contributed by atoms with Gasteiger partial charge in [-0.15, -0.1) is 0 Å². The van der Waals surface area contributed by atoms with E-state index in [1.165, 1.54) is 6.92 Å². The third-order valence-electron chi connectivity index (χ3n) is 1.60. The van der Waals surface area contributed by atoms with Gasteiger partial charge in [0.15, 0.2) is 0 Å². The van der Waals surface area contributed by atoms with Crippen LogP contribution < -0.4 is 5.48 Å². The largest absolute Gasteiger partial charge is 0.524 e. The first-order chi connectivity index (χ1) is 7.56. The van der Waals surface area contributed by atoms with Crippen LogP contribution >= 0.6 is 0 Å². The number of carbonyl (C=O) groups is 1. The first kappa shape index (κ1) is 16.1. The average Bonchev–Trinajstić information content (AvgIpc) is 2.12. The highest BCUT2D eigenvalue weighted by Gasteiger charge is 2.47. The highest BCUT2D eigenvalue weighted by Crippen LogP contribution is 2.23. The molecule has 0 heterocycles. The maximum Gasteiger partial charge on any atom is 0.524 e. The lowest BCUT2D eigenvalue weighted by Crippen LogP contribution is -2.32. The molecule has 0 unspecified atom stereocenters.